The third-order valence-electron chi connectivity index (χ3n) is 5.40. The maximum absolute atomic E-state index is 13.3. The third-order valence-corrected chi connectivity index (χ3v) is 7.31. The number of carbonyl (C=O) groups excluding carboxylic acids is 1. The Hall–Kier alpha value is -3.50. The highest BCUT2D eigenvalue weighted by molar-refractivity contribution is 7.89. The van der Waals surface area contributed by atoms with E-state index in [0.29, 0.717) is 25.1 Å². The van der Waals surface area contributed by atoms with Crippen molar-refractivity contribution < 1.29 is 22.6 Å². The van der Waals surface area contributed by atoms with Gasteiger partial charge in [0.25, 0.3) is 5.69 Å². The number of nitrogens with zero attached hydrogens (tertiary/aromatic N) is 3. The highest BCUT2D eigenvalue weighted by Crippen LogP contribution is 2.32. The lowest BCUT2D eigenvalue weighted by molar-refractivity contribution is -0.384. The molecule has 9 nitrogen and oxygen atoms in total. The molecule has 1 aliphatic rings. The van der Waals surface area contributed by atoms with E-state index in [4.69, 9.17) is 4.42 Å². The predicted molar refractivity (Wildman–Crippen MR) is 119 cm³/mol. The van der Waals surface area contributed by atoms with Gasteiger partial charge in [-0.15, -0.1) is 0 Å². The van der Waals surface area contributed by atoms with Crippen LogP contribution in [0.1, 0.15) is 24.2 Å². The van der Waals surface area contributed by atoms with Crippen LogP contribution < -0.4 is 0 Å². The van der Waals surface area contributed by atoms with E-state index in [1.54, 1.807) is 17.0 Å². The molecule has 1 amide bonds. The minimum absolute atomic E-state index is 0.0755. The summed E-state index contributed by atoms with van der Waals surface area (Å²) in [6.07, 6.45) is 2.85. The Labute approximate surface area is 191 Å². The monoisotopic (exact) mass is 469 g/mol. The number of hydrogen-bond acceptors (Lipinski definition) is 6. The summed E-state index contributed by atoms with van der Waals surface area (Å²) < 4.78 is 33.2. The molecule has 0 atom stereocenters. The topological polar surface area (TPSA) is 114 Å². The molecule has 3 aromatic rings. The van der Waals surface area contributed by atoms with Crippen LogP contribution in [-0.4, -0.2) is 41.0 Å². The summed E-state index contributed by atoms with van der Waals surface area (Å²) in [5, 5.41) is 10.9. The molecule has 1 fully saturated rings. The Morgan fingerprint density at radius 1 is 1.00 bits per heavy atom. The third kappa shape index (κ3) is 5.47. The van der Waals surface area contributed by atoms with Crippen LogP contribution in [0.25, 0.3) is 0 Å². The molecule has 2 aromatic carbocycles. The highest BCUT2D eigenvalue weighted by Gasteiger charge is 2.40. The van der Waals surface area contributed by atoms with E-state index < -0.39 is 14.9 Å². The molecule has 0 unspecified atom stereocenters. The molecule has 0 N–H and O–H groups in total. The Balaban J connectivity index is 1.56. The Bertz CT molecular complexity index is 1210. The predicted octanol–water partition coefficient (Wildman–Crippen LogP) is 3.57. The summed E-state index contributed by atoms with van der Waals surface area (Å²) in [6.45, 7) is 0.185. The number of benzene rings is 2. The minimum Gasteiger partial charge on any atom is -0.467 e. The van der Waals surface area contributed by atoms with Crippen molar-refractivity contribution in [3.05, 3.63) is 94.4 Å². The number of hydrogen-bond donors (Lipinski definition) is 0. The van der Waals surface area contributed by atoms with Gasteiger partial charge in [0.2, 0.25) is 15.9 Å². The number of sulfonamides is 1. The van der Waals surface area contributed by atoms with E-state index >= 15 is 0 Å². The van der Waals surface area contributed by atoms with Crippen LogP contribution in [0.2, 0.25) is 0 Å². The first kappa shape index (κ1) is 22.7. The van der Waals surface area contributed by atoms with Crippen molar-refractivity contribution in [1.29, 1.82) is 0 Å². The van der Waals surface area contributed by atoms with E-state index in [0.717, 1.165) is 17.7 Å². The number of amides is 1. The van der Waals surface area contributed by atoms with Gasteiger partial charge in [-0.1, -0.05) is 30.3 Å². The lowest BCUT2D eigenvalue weighted by Gasteiger charge is -2.27. The van der Waals surface area contributed by atoms with Gasteiger partial charge in [-0.2, -0.15) is 4.31 Å². The fraction of sp³-hybridized carbons (Fsp3) is 0.261. The first-order valence-corrected chi connectivity index (χ1v) is 11.9. The van der Waals surface area contributed by atoms with E-state index in [9.17, 15) is 23.3 Å². The number of carbonyl (C=O) groups is 1. The number of nitro benzene ring substituents is 1. The van der Waals surface area contributed by atoms with Crippen molar-refractivity contribution in [3.8, 4) is 0 Å². The standard InChI is InChI=1S/C23H23N3O6S/c27-23(24(16-21-7-4-14-32-21)15-18-5-2-1-3-6-18)17-25(19-8-9-19)33(30,31)22-12-10-20(11-13-22)26(28)29/h1-7,10-14,19H,8-9,15-17H2. The summed E-state index contributed by atoms with van der Waals surface area (Å²) in [6, 6.07) is 17.4. The molecule has 0 saturated heterocycles. The zero-order valence-corrected chi connectivity index (χ0v) is 18.6. The van der Waals surface area contributed by atoms with Gasteiger partial charge in [0.05, 0.1) is 29.2 Å². The van der Waals surface area contributed by atoms with E-state index in [2.05, 4.69) is 0 Å². The fourth-order valence-electron chi connectivity index (χ4n) is 3.51. The van der Waals surface area contributed by atoms with E-state index in [1.807, 2.05) is 30.3 Å². The molecule has 172 valence electrons. The molecular formula is C23H23N3O6S. The number of nitro groups is 1. The number of non-ortho nitro benzene ring substituents is 1. The van der Waals surface area contributed by atoms with Crippen molar-refractivity contribution in [2.75, 3.05) is 6.54 Å². The van der Waals surface area contributed by atoms with Gasteiger partial charge in [-0.3, -0.25) is 14.9 Å². The summed E-state index contributed by atoms with van der Waals surface area (Å²) in [4.78, 5) is 25.1. The van der Waals surface area contributed by atoms with Crippen molar-refractivity contribution in [3.63, 3.8) is 0 Å². The normalized spacial score (nSPS) is 13.7. The molecule has 33 heavy (non-hydrogen) atoms. The lowest BCUT2D eigenvalue weighted by atomic mass is 10.2. The maximum atomic E-state index is 13.3. The zero-order valence-electron chi connectivity index (χ0n) is 17.7. The molecule has 0 spiro atoms. The Kier molecular flexibility index (Phi) is 6.57. The molecule has 0 bridgehead atoms. The molecule has 1 aliphatic carbocycles. The van der Waals surface area contributed by atoms with Crippen LogP contribution in [0.3, 0.4) is 0 Å². The van der Waals surface area contributed by atoms with Gasteiger partial charge in [0, 0.05) is 24.7 Å². The molecular weight excluding hydrogens is 446 g/mol. The van der Waals surface area contributed by atoms with Gasteiger partial charge in [-0.25, -0.2) is 8.42 Å². The summed E-state index contributed by atoms with van der Waals surface area (Å²) in [7, 11) is -4.00. The van der Waals surface area contributed by atoms with Gasteiger partial charge < -0.3 is 9.32 Å². The Morgan fingerprint density at radius 3 is 2.27 bits per heavy atom. The van der Waals surface area contributed by atoms with Crippen LogP contribution in [0.15, 0.2) is 82.3 Å². The molecule has 1 heterocycles. The second-order valence-corrected chi connectivity index (χ2v) is 9.74. The lowest BCUT2D eigenvalue weighted by Crippen LogP contribution is -2.43. The molecule has 4 rings (SSSR count). The van der Waals surface area contributed by atoms with Gasteiger partial charge in [0.1, 0.15) is 5.76 Å². The highest BCUT2D eigenvalue weighted by atomic mass is 32.2. The second-order valence-electron chi connectivity index (χ2n) is 7.85. The van der Waals surface area contributed by atoms with Crippen LogP contribution in [-0.2, 0) is 27.9 Å². The first-order valence-electron chi connectivity index (χ1n) is 10.4. The van der Waals surface area contributed by atoms with Crippen LogP contribution >= 0.6 is 0 Å². The van der Waals surface area contributed by atoms with Crippen LogP contribution in [0, 0.1) is 10.1 Å². The molecule has 1 saturated carbocycles. The average molecular weight is 470 g/mol. The maximum Gasteiger partial charge on any atom is 0.269 e. The van der Waals surface area contributed by atoms with Gasteiger partial charge in [0.15, 0.2) is 0 Å². The first-order chi connectivity index (χ1) is 15.8. The van der Waals surface area contributed by atoms with Crippen LogP contribution in [0.5, 0.6) is 0 Å². The number of rotatable bonds is 10. The zero-order chi connectivity index (χ0) is 23.4. The smallest absolute Gasteiger partial charge is 0.269 e. The average Bonchev–Trinajstić information content (AvgIpc) is 3.52. The molecule has 0 radical (unpaired) electrons. The van der Waals surface area contributed by atoms with Gasteiger partial charge >= 0.3 is 0 Å². The molecule has 10 heteroatoms. The van der Waals surface area contributed by atoms with Crippen molar-refractivity contribution >= 4 is 21.6 Å². The summed E-state index contributed by atoms with van der Waals surface area (Å²) >= 11 is 0. The quantitative estimate of drug-likeness (QED) is 0.331. The van der Waals surface area contributed by atoms with Crippen LogP contribution in [0.4, 0.5) is 5.69 Å². The van der Waals surface area contributed by atoms with Gasteiger partial charge in [-0.05, 0) is 42.7 Å². The fourth-order valence-corrected chi connectivity index (χ4v) is 5.14. The van der Waals surface area contributed by atoms with E-state index in [1.165, 1.54) is 22.7 Å². The van der Waals surface area contributed by atoms with Crippen molar-refractivity contribution in [2.45, 2.75) is 36.9 Å². The van der Waals surface area contributed by atoms with Crippen molar-refractivity contribution in [2.24, 2.45) is 0 Å². The minimum atomic E-state index is -4.00. The summed E-state index contributed by atoms with van der Waals surface area (Å²) in [5.41, 5.74) is 0.712. The molecule has 0 aliphatic heterocycles. The second kappa shape index (κ2) is 9.55. The van der Waals surface area contributed by atoms with Crippen molar-refractivity contribution in [1.82, 2.24) is 9.21 Å². The van der Waals surface area contributed by atoms with E-state index in [-0.39, 0.29) is 35.6 Å². The number of furan rings is 1. The summed E-state index contributed by atoms with van der Waals surface area (Å²) in [5.74, 6) is 0.239. The SMILES string of the molecule is O=C(CN(C1CC1)S(=O)(=O)c1ccc([N+](=O)[O-])cc1)N(Cc1ccccc1)Cc1ccco1. The Morgan fingerprint density at radius 2 is 1.70 bits per heavy atom. The largest absolute Gasteiger partial charge is 0.467 e. The molecule has 1 aromatic heterocycles.